The van der Waals surface area contributed by atoms with Crippen LogP contribution in [0.3, 0.4) is 0 Å². The van der Waals surface area contributed by atoms with E-state index in [2.05, 4.69) is 15.3 Å². The Balaban J connectivity index is 1.56. The van der Waals surface area contributed by atoms with Gasteiger partial charge in [-0.1, -0.05) is 0 Å². The summed E-state index contributed by atoms with van der Waals surface area (Å²) < 4.78 is 5.59. The molecular weight excluding hydrogens is 238 g/mol. The van der Waals surface area contributed by atoms with E-state index in [1.807, 2.05) is 19.9 Å². The summed E-state index contributed by atoms with van der Waals surface area (Å²) in [6, 6.07) is 1.90. The van der Waals surface area contributed by atoms with Crippen molar-refractivity contribution in [1.29, 1.82) is 0 Å². The van der Waals surface area contributed by atoms with Crippen LogP contribution in [0.15, 0.2) is 12.4 Å². The molecule has 4 heteroatoms. The molecule has 0 saturated heterocycles. The van der Waals surface area contributed by atoms with Crippen LogP contribution in [0.2, 0.25) is 0 Å². The number of ether oxygens (including phenoxy) is 1. The maximum absolute atomic E-state index is 5.59. The molecule has 0 aliphatic heterocycles. The number of rotatable bonds is 7. The normalized spacial score (nSPS) is 18.9. The lowest BCUT2D eigenvalue weighted by Crippen LogP contribution is -2.19. The van der Waals surface area contributed by atoms with Gasteiger partial charge in [0.05, 0.1) is 6.10 Å². The molecule has 1 heterocycles. The lowest BCUT2D eigenvalue weighted by atomic mass is 9.98. The highest BCUT2D eigenvalue weighted by Gasteiger charge is 2.41. The molecule has 3 rings (SSSR count). The molecule has 104 valence electrons. The van der Waals surface area contributed by atoms with Crippen molar-refractivity contribution in [1.82, 2.24) is 9.97 Å². The fourth-order valence-electron chi connectivity index (χ4n) is 2.73. The van der Waals surface area contributed by atoms with Crippen molar-refractivity contribution in [3.8, 4) is 5.88 Å². The van der Waals surface area contributed by atoms with Crippen LogP contribution >= 0.6 is 0 Å². The summed E-state index contributed by atoms with van der Waals surface area (Å²) in [4.78, 5) is 8.40. The second-order valence-corrected chi connectivity index (χ2v) is 6.13. The van der Waals surface area contributed by atoms with E-state index in [1.165, 1.54) is 25.7 Å². The summed E-state index contributed by atoms with van der Waals surface area (Å²) in [5, 5.41) is 3.47. The fourth-order valence-corrected chi connectivity index (χ4v) is 2.73. The van der Waals surface area contributed by atoms with Crippen molar-refractivity contribution in [3.63, 3.8) is 0 Å². The Morgan fingerprint density at radius 3 is 2.47 bits per heavy atom. The smallest absolute Gasteiger partial charge is 0.218 e. The molecule has 1 aromatic heterocycles. The summed E-state index contributed by atoms with van der Waals surface area (Å²) in [6.45, 7) is 5.06. The Hall–Kier alpha value is -1.32. The first-order valence-electron chi connectivity index (χ1n) is 7.45. The summed E-state index contributed by atoms with van der Waals surface area (Å²) in [5.74, 6) is 4.32. The number of hydrogen-bond acceptors (Lipinski definition) is 4. The molecule has 0 radical (unpaired) electrons. The predicted octanol–water partition coefficient (Wildman–Crippen LogP) is 3.11. The molecule has 2 saturated carbocycles. The highest BCUT2D eigenvalue weighted by Crippen LogP contribution is 2.49. The third-order valence-electron chi connectivity index (χ3n) is 3.97. The molecule has 2 aliphatic carbocycles. The first-order chi connectivity index (χ1) is 9.22. The van der Waals surface area contributed by atoms with Crippen LogP contribution in [0.25, 0.3) is 0 Å². The SMILES string of the molecule is CC(C)Oc1cc(NCC(C2CC2)C2CC2)ncn1. The van der Waals surface area contributed by atoms with Gasteiger partial charge in [-0.15, -0.1) is 0 Å². The van der Waals surface area contributed by atoms with Gasteiger partial charge >= 0.3 is 0 Å². The maximum Gasteiger partial charge on any atom is 0.218 e. The average molecular weight is 261 g/mol. The van der Waals surface area contributed by atoms with E-state index in [-0.39, 0.29) is 6.10 Å². The lowest BCUT2D eigenvalue weighted by Gasteiger charge is -2.17. The first kappa shape index (κ1) is 12.7. The highest BCUT2D eigenvalue weighted by molar-refractivity contribution is 5.37. The Kier molecular flexibility index (Phi) is 3.58. The molecule has 0 unspecified atom stereocenters. The van der Waals surface area contributed by atoms with Crippen molar-refractivity contribution in [2.75, 3.05) is 11.9 Å². The van der Waals surface area contributed by atoms with Crippen LogP contribution in [0.4, 0.5) is 5.82 Å². The Morgan fingerprint density at radius 1 is 1.21 bits per heavy atom. The van der Waals surface area contributed by atoms with Gasteiger partial charge in [-0.2, -0.15) is 0 Å². The Bertz CT molecular complexity index is 415. The van der Waals surface area contributed by atoms with E-state index in [4.69, 9.17) is 4.74 Å². The number of hydrogen-bond donors (Lipinski definition) is 1. The lowest BCUT2D eigenvalue weighted by molar-refractivity contribution is 0.232. The second-order valence-electron chi connectivity index (χ2n) is 6.13. The van der Waals surface area contributed by atoms with Crippen LogP contribution in [-0.2, 0) is 0 Å². The van der Waals surface area contributed by atoms with Gasteiger partial charge in [-0.3, -0.25) is 0 Å². The molecule has 1 aromatic rings. The molecule has 0 amide bonds. The van der Waals surface area contributed by atoms with Crippen molar-refractivity contribution in [2.45, 2.75) is 45.6 Å². The molecule has 2 fully saturated rings. The zero-order chi connectivity index (χ0) is 13.2. The van der Waals surface area contributed by atoms with Gasteiger partial charge in [-0.05, 0) is 57.3 Å². The second kappa shape index (κ2) is 5.35. The van der Waals surface area contributed by atoms with E-state index in [0.29, 0.717) is 5.88 Å². The summed E-state index contributed by atoms with van der Waals surface area (Å²) in [7, 11) is 0. The van der Waals surface area contributed by atoms with Crippen molar-refractivity contribution >= 4 is 5.82 Å². The largest absolute Gasteiger partial charge is 0.475 e. The van der Waals surface area contributed by atoms with Crippen LogP contribution in [0.1, 0.15) is 39.5 Å². The van der Waals surface area contributed by atoms with Gasteiger partial charge in [0.1, 0.15) is 12.1 Å². The topological polar surface area (TPSA) is 47.0 Å². The summed E-state index contributed by atoms with van der Waals surface area (Å²) in [6.07, 6.45) is 7.42. The average Bonchev–Trinajstić information content (AvgIpc) is 3.24. The molecule has 2 aliphatic rings. The summed E-state index contributed by atoms with van der Waals surface area (Å²) >= 11 is 0. The number of nitrogens with zero attached hydrogens (tertiary/aromatic N) is 2. The van der Waals surface area contributed by atoms with Gasteiger partial charge in [0, 0.05) is 12.6 Å². The molecule has 0 spiro atoms. The van der Waals surface area contributed by atoms with Crippen molar-refractivity contribution < 1.29 is 4.74 Å². The van der Waals surface area contributed by atoms with Gasteiger partial charge < -0.3 is 10.1 Å². The minimum atomic E-state index is 0.147. The zero-order valence-corrected chi connectivity index (χ0v) is 11.8. The molecule has 0 aromatic carbocycles. The fraction of sp³-hybridized carbons (Fsp3) is 0.733. The quantitative estimate of drug-likeness (QED) is 0.819. The maximum atomic E-state index is 5.59. The van der Waals surface area contributed by atoms with Gasteiger partial charge in [0.15, 0.2) is 0 Å². The highest BCUT2D eigenvalue weighted by atomic mass is 16.5. The minimum absolute atomic E-state index is 0.147. The van der Waals surface area contributed by atoms with Gasteiger partial charge in [0.2, 0.25) is 5.88 Å². The van der Waals surface area contributed by atoms with E-state index >= 15 is 0 Å². The van der Waals surface area contributed by atoms with Crippen molar-refractivity contribution in [2.24, 2.45) is 17.8 Å². The van der Waals surface area contributed by atoms with Crippen LogP contribution in [0.5, 0.6) is 5.88 Å². The van der Waals surface area contributed by atoms with Gasteiger partial charge in [-0.25, -0.2) is 9.97 Å². The van der Waals surface area contributed by atoms with Crippen LogP contribution in [-0.4, -0.2) is 22.6 Å². The van der Waals surface area contributed by atoms with E-state index < -0.39 is 0 Å². The Labute approximate surface area is 115 Å². The molecule has 0 atom stereocenters. The van der Waals surface area contributed by atoms with E-state index in [1.54, 1.807) is 6.33 Å². The number of aromatic nitrogens is 2. The minimum Gasteiger partial charge on any atom is -0.475 e. The molecular formula is C15H23N3O. The van der Waals surface area contributed by atoms with Gasteiger partial charge in [0.25, 0.3) is 0 Å². The first-order valence-corrected chi connectivity index (χ1v) is 7.45. The molecule has 0 bridgehead atoms. The van der Waals surface area contributed by atoms with E-state index in [0.717, 1.165) is 30.1 Å². The van der Waals surface area contributed by atoms with Crippen LogP contribution < -0.4 is 10.1 Å². The van der Waals surface area contributed by atoms with Crippen LogP contribution in [0, 0.1) is 17.8 Å². The third kappa shape index (κ3) is 3.58. The standard InChI is InChI=1S/C15H23N3O/c1-10(2)19-15-7-14(17-9-18-15)16-8-13(11-3-4-11)12-5-6-12/h7,9-13H,3-6,8H2,1-2H3,(H,16,17,18). The molecule has 19 heavy (non-hydrogen) atoms. The monoisotopic (exact) mass is 261 g/mol. The van der Waals surface area contributed by atoms with E-state index in [9.17, 15) is 0 Å². The molecule has 4 nitrogen and oxygen atoms in total. The Morgan fingerprint density at radius 2 is 1.89 bits per heavy atom. The third-order valence-corrected chi connectivity index (χ3v) is 3.97. The molecule has 1 N–H and O–H groups in total. The zero-order valence-electron chi connectivity index (χ0n) is 11.8. The number of nitrogens with one attached hydrogen (secondary N) is 1. The number of anilines is 1. The predicted molar refractivity (Wildman–Crippen MR) is 75.2 cm³/mol. The van der Waals surface area contributed by atoms with Crippen molar-refractivity contribution in [3.05, 3.63) is 12.4 Å². The summed E-state index contributed by atoms with van der Waals surface area (Å²) in [5.41, 5.74) is 0.